The predicted molar refractivity (Wildman–Crippen MR) is 98.6 cm³/mol. The Labute approximate surface area is 163 Å². The number of esters is 1. The summed E-state index contributed by atoms with van der Waals surface area (Å²) in [6.07, 6.45) is 1.82. The standard InChI is InChI=1S/C19H24N2O7/c1-24-9-5-8-21(11-17-20-15(12-28-17)19(23)27-4)18(22)14-7-6-13(25-2)10-16(14)26-3/h6-7,10,12H,5,8-9,11H2,1-4H3. The molecule has 0 N–H and O–H groups in total. The molecule has 0 bridgehead atoms. The Morgan fingerprint density at radius 3 is 2.57 bits per heavy atom. The van der Waals surface area contributed by atoms with E-state index in [0.717, 1.165) is 0 Å². The minimum absolute atomic E-state index is 0.0452. The first-order valence-corrected chi connectivity index (χ1v) is 8.57. The summed E-state index contributed by atoms with van der Waals surface area (Å²) in [5.74, 6) is 0.314. The van der Waals surface area contributed by atoms with Gasteiger partial charge in [-0.3, -0.25) is 4.79 Å². The van der Waals surface area contributed by atoms with Crippen LogP contribution in [0, 0.1) is 0 Å². The van der Waals surface area contributed by atoms with E-state index in [1.807, 2.05) is 0 Å². The molecular formula is C19H24N2O7. The maximum Gasteiger partial charge on any atom is 0.360 e. The first-order valence-electron chi connectivity index (χ1n) is 8.57. The van der Waals surface area contributed by atoms with Crippen LogP contribution in [-0.4, -0.2) is 63.4 Å². The highest BCUT2D eigenvalue weighted by molar-refractivity contribution is 5.97. The average Bonchev–Trinajstić information content (AvgIpc) is 3.20. The van der Waals surface area contributed by atoms with Gasteiger partial charge in [0.2, 0.25) is 5.89 Å². The van der Waals surface area contributed by atoms with E-state index in [2.05, 4.69) is 9.72 Å². The van der Waals surface area contributed by atoms with Crippen LogP contribution in [-0.2, 0) is 16.0 Å². The molecular weight excluding hydrogens is 368 g/mol. The van der Waals surface area contributed by atoms with Crippen molar-refractivity contribution >= 4 is 11.9 Å². The molecule has 0 aliphatic carbocycles. The second-order valence-electron chi connectivity index (χ2n) is 5.76. The Morgan fingerprint density at radius 2 is 1.93 bits per heavy atom. The second-order valence-corrected chi connectivity index (χ2v) is 5.76. The summed E-state index contributed by atoms with van der Waals surface area (Å²) in [6, 6.07) is 4.96. The van der Waals surface area contributed by atoms with Crippen molar-refractivity contribution in [2.24, 2.45) is 0 Å². The molecule has 0 unspecified atom stereocenters. The molecule has 1 heterocycles. The molecule has 0 spiro atoms. The normalized spacial score (nSPS) is 10.4. The number of ether oxygens (including phenoxy) is 4. The van der Waals surface area contributed by atoms with Crippen LogP contribution in [0.4, 0.5) is 0 Å². The van der Waals surface area contributed by atoms with Crippen molar-refractivity contribution in [3.63, 3.8) is 0 Å². The number of nitrogens with zero attached hydrogens (tertiary/aromatic N) is 2. The summed E-state index contributed by atoms with van der Waals surface area (Å²) in [7, 11) is 5.87. The molecule has 0 fully saturated rings. The summed E-state index contributed by atoms with van der Waals surface area (Å²) < 4.78 is 25.5. The minimum Gasteiger partial charge on any atom is -0.497 e. The van der Waals surface area contributed by atoms with E-state index >= 15 is 0 Å². The van der Waals surface area contributed by atoms with Gasteiger partial charge in [-0.15, -0.1) is 0 Å². The van der Waals surface area contributed by atoms with Crippen molar-refractivity contribution in [3.8, 4) is 11.5 Å². The maximum absolute atomic E-state index is 13.1. The van der Waals surface area contributed by atoms with E-state index in [0.29, 0.717) is 36.6 Å². The molecule has 28 heavy (non-hydrogen) atoms. The number of aromatic nitrogens is 1. The lowest BCUT2D eigenvalue weighted by atomic mass is 10.1. The lowest BCUT2D eigenvalue weighted by Gasteiger charge is -2.22. The zero-order chi connectivity index (χ0) is 20.5. The molecule has 1 aromatic carbocycles. The summed E-state index contributed by atoms with van der Waals surface area (Å²) in [5, 5.41) is 0. The highest BCUT2D eigenvalue weighted by atomic mass is 16.5. The summed E-state index contributed by atoms with van der Waals surface area (Å²) in [6.45, 7) is 0.967. The van der Waals surface area contributed by atoms with E-state index in [4.69, 9.17) is 18.6 Å². The van der Waals surface area contributed by atoms with Crippen molar-refractivity contribution in [2.45, 2.75) is 13.0 Å². The van der Waals surface area contributed by atoms with Gasteiger partial charge in [0.25, 0.3) is 5.91 Å². The van der Waals surface area contributed by atoms with Crippen LogP contribution >= 0.6 is 0 Å². The molecule has 2 aromatic rings. The van der Waals surface area contributed by atoms with Crippen LogP contribution < -0.4 is 9.47 Å². The quantitative estimate of drug-likeness (QED) is 0.448. The average molecular weight is 392 g/mol. The largest absolute Gasteiger partial charge is 0.497 e. The Morgan fingerprint density at radius 1 is 1.14 bits per heavy atom. The molecule has 0 aliphatic rings. The van der Waals surface area contributed by atoms with Gasteiger partial charge in [0.15, 0.2) is 5.69 Å². The van der Waals surface area contributed by atoms with Gasteiger partial charge in [-0.1, -0.05) is 0 Å². The van der Waals surface area contributed by atoms with Gasteiger partial charge < -0.3 is 28.3 Å². The van der Waals surface area contributed by atoms with Crippen LogP contribution in [0.2, 0.25) is 0 Å². The molecule has 2 rings (SSSR count). The summed E-state index contributed by atoms with van der Waals surface area (Å²) in [5.41, 5.74) is 0.421. The van der Waals surface area contributed by atoms with Crippen LogP contribution in [0.3, 0.4) is 0 Å². The number of hydrogen-bond donors (Lipinski definition) is 0. The molecule has 152 valence electrons. The van der Waals surface area contributed by atoms with Crippen molar-refractivity contribution in [2.75, 3.05) is 41.6 Å². The van der Waals surface area contributed by atoms with Crippen LogP contribution in [0.1, 0.15) is 33.2 Å². The van der Waals surface area contributed by atoms with Crippen molar-refractivity contribution in [1.82, 2.24) is 9.88 Å². The highest BCUT2D eigenvalue weighted by Crippen LogP contribution is 2.26. The van der Waals surface area contributed by atoms with Crippen LogP contribution in [0.15, 0.2) is 28.9 Å². The van der Waals surface area contributed by atoms with Crippen molar-refractivity contribution in [3.05, 3.63) is 41.6 Å². The molecule has 1 amide bonds. The fourth-order valence-corrected chi connectivity index (χ4v) is 2.54. The Balaban J connectivity index is 2.25. The minimum atomic E-state index is -0.607. The maximum atomic E-state index is 13.1. The number of carbonyl (C=O) groups excluding carboxylic acids is 2. The molecule has 0 saturated carbocycles. The van der Waals surface area contributed by atoms with E-state index in [9.17, 15) is 9.59 Å². The first kappa shape index (κ1) is 21.2. The SMILES string of the molecule is COCCCN(Cc1nc(C(=O)OC)co1)C(=O)c1ccc(OC)cc1OC. The van der Waals surface area contributed by atoms with E-state index < -0.39 is 5.97 Å². The van der Waals surface area contributed by atoms with Crippen molar-refractivity contribution in [1.29, 1.82) is 0 Å². The monoisotopic (exact) mass is 392 g/mol. The topological polar surface area (TPSA) is 100 Å². The number of hydrogen-bond acceptors (Lipinski definition) is 8. The Kier molecular flexibility index (Phi) is 7.82. The fourth-order valence-electron chi connectivity index (χ4n) is 2.54. The van der Waals surface area contributed by atoms with Gasteiger partial charge in [-0.25, -0.2) is 9.78 Å². The van der Waals surface area contributed by atoms with Gasteiger partial charge >= 0.3 is 5.97 Å². The molecule has 0 radical (unpaired) electrons. The zero-order valence-electron chi connectivity index (χ0n) is 16.4. The Hall–Kier alpha value is -3.07. The lowest BCUT2D eigenvalue weighted by molar-refractivity contribution is 0.0593. The molecule has 0 saturated heterocycles. The summed E-state index contributed by atoms with van der Waals surface area (Å²) >= 11 is 0. The first-order chi connectivity index (χ1) is 13.5. The van der Waals surface area contributed by atoms with Gasteiger partial charge in [0.1, 0.15) is 17.8 Å². The van der Waals surface area contributed by atoms with Gasteiger partial charge in [-0.05, 0) is 18.6 Å². The number of carbonyl (C=O) groups is 2. The number of benzene rings is 1. The van der Waals surface area contributed by atoms with Crippen LogP contribution in [0.25, 0.3) is 0 Å². The third-order valence-corrected chi connectivity index (χ3v) is 3.98. The predicted octanol–water partition coefficient (Wildman–Crippen LogP) is 2.16. The fraction of sp³-hybridized carbons (Fsp3) is 0.421. The molecule has 0 atom stereocenters. The van der Waals surface area contributed by atoms with Crippen LogP contribution in [0.5, 0.6) is 11.5 Å². The van der Waals surface area contributed by atoms with E-state index in [-0.39, 0.29) is 24.0 Å². The third kappa shape index (κ3) is 5.23. The molecule has 1 aromatic heterocycles. The van der Waals surface area contributed by atoms with Gasteiger partial charge in [0.05, 0.1) is 33.4 Å². The lowest BCUT2D eigenvalue weighted by Crippen LogP contribution is -2.32. The molecule has 9 nitrogen and oxygen atoms in total. The number of oxazole rings is 1. The zero-order valence-corrected chi connectivity index (χ0v) is 16.4. The smallest absolute Gasteiger partial charge is 0.360 e. The van der Waals surface area contributed by atoms with E-state index in [1.54, 1.807) is 30.2 Å². The van der Waals surface area contributed by atoms with E-state index in [1.165, 1.54) is 27.6 Å². The highest BCUT2D eigenvalue weighted by Gasteiger charge is 2.23. The molecule has 0 aliphatic heterocycles. The Bertz CT molecular complexity index is 803. The summed E-state index contributed by atoms with van der Waals surface area (Å²) in [4.78, 5) is 30.3. The number of rotatable bonds is 10. The second kappa shape index (κ2) is 10.3. The molecule has 9 heteroatoms. The number of amides is 1. The number of methoxy groups -OCH3 is 4. The van der Waals surface area contributed by atoms with Gasteiger partial charge in [-0.2, -0.15) is 0 Å². The third-order valence-electron chi connectivity index (χ3n) is 3.98. The van der Waals surface area contributed by atoms with Gasteiger partial charge in [0, 0.05) is 26.3 Å². The van der Waals surface area contributed by atoms with Crippen molar-refractivity contribution < 1.29 is 33.0 Å².